The number of benzene rings is 1. The molecule has 1 heterocycles. The van der Waals surface area contributed by atoms with E-state index < -0.39 is 0 Å². The molecule has 0 aliphatic rings. The molecule has 0 radical (unpaired) electrons. The van der Waals surface area contributed by atoms with E-state index in [4.69, 9.17) is 11.6 Å². The largest absolute Gasteiger partial charge is 0.233 e. The van der Waals surface area contributed by atoms with Gasteiger partial charge in [0.25, 0.3) is 0 Å². The maximum atomic E-state index is 12.6. The summed E-state index contributed by atoms with van der Waals surface area (Å²) < 4.78 is 13.2. The fourth-order valence-electron chi connectivity index (χ4n) is 1.04. The molecule has 0 spiro atoms. The second-order valence-corrected chi connectivity index (χ2v) is 5.57. The molecule has 0 aliphatic heterocycles. The van der Waals surface area contributed by atoms with Gasteiger partial charge < -0.3 is 0 Å². The molecular weight excluding hydrogens is 253 g/mol. The Kier molecular flexibility index (Phi) is 3.61. The van der Waals surface area contributed by atoms with E-state index in [9.17, 15) is 4.39 Å². The lowest BCUT2D eigenvalue weighted by Crippen LogP contribution is -1.76. The minimum Gasteiger partial charge on any atom is -0.233 e. The predicted octanol–water partition coefficient (Wildman–Crippen LogP) is 4.23. The number of thiazole rings is 1. The van der Waals surface area contributed by atoms with Gasteiger partial charge >= 0.3 is 0 Å². The lowest BCUT2D eigenvalue weighted by Gasteiger charge is -1.98. The summed E-state index contributed by atoms with van der Waals surface area (Å²) in [5.74, 6) is 0.607. The number of hydrogen-bond acceptors (Lipinski definition) is 3. The maximum absolute atomic E-state index is 12.6. The van der Waals surface area contributed by atoms with Gasteiger partial charge in [-0.15, -0.1) is 23.1 Å². The molecule has 15 heavy (non-hydrogen) atoms. The van der Waals surface area contributed by atoms with Crippen LogP contribution in [0.4, 0.5) is 4.39 Å². The number of rotatable bonds is 3. The van der Waals surface area contributed by atoms with E-state index in [0.29, 0.717) is 4.47 Å². The maximum Gasteiger partial charge on any atom is 0.183 e. The Hall–Kier alpha value is -0.580. The van der Waals surface area contributed by atoms with Crippen LogP contribution in [-0.2, 0) is 5.75 Å². The lowest BCUT2D eigenvalue weighted by atomic mass is 10.4. The molecule has 0 fully saturated rings. The third-order valence-electron chi connectivity index (χ3n) is 1.72. The minimum atomic E-state index is -0.208. The van der Waals surface area contributed by atoms with Crippen molar-refractivity contribution in [2.75, 3.05) is 0 Å². The van der Waals surface area contributed by atoms with Gasteiger partial charge in [0.1, 0.15) is 5.82 Å². The first kappa shape index (κ1) is 10.9. The molecule has 2 aromatic rings. The van der Waals surface area contributed by atoms with Crippen molar-refractivity contribution in [1.82, 2.24) is 4.98 Å². The van der Waals surface area contributed by atoms with Crippen molar-refractivity contribution in [2.24, 2.45) is 0 Å². The third-order valence-corrected chi connectivity index (χ3v) is 4.08. The van der Waals surface area contributed by atoms with Crippen LogP contribution in [0.3, 0.4) is 0 Å². The second kappa shape index (κ2) is 4.96. The van der Waals surface area contributed by atoms with Gasteiger partial charge in [0.2, 0.25) is 0 Å². The summed E-state index contributed by atoms with van der Waals surface area (Å²) in [6, 6.07) is 6.45. The molecule has 0 amide bonds. The molecular formula is C10H7ClFNS2. The zero-order valence-electron chi connectivity index (χ0n) is 7.61. The Morgan fingerprint density at radius 2 is 2.07 bits per heavy atom. The van der Waals surface area contributed by atoms with Gasteiger partial charge in [0.15, 0.2) is 4.47 Å². The van der Waals surface area contributed by atoms with Crippen LogP contribution in [0.15, 0.2) is 35.4 Å². The predicted molar refractivity (Wildman–Crippen MR) is 63.1 cm³/mol. The summed E-state index contributed by atoms with van der Waals surface area (Å²) in [5, 5.41) is 0. The Morgan fingerprint density at radius 1 is 1.33 bits per heavy atom. The number of halogens is 2. The van der Waals surface area contributed by atoms with Gasteiger partial charge in [-0.3, -0.25) is 0 Å². The number of nitrogens with zero attached hydrogens (tertiary/aromatic N) is 1. The monoisotopic (exact) mass is 259 g/mol. The smallest absolute Gasteiger partial charge is 0.183 e. The van der Waals surface area contributed by atoms with E-state index in [1.54, 1.807) is 30.1 Å². The molecule has 1 nitrogen and oxygen atoms in total. The molecule has 0 saturated carbocycles. The highest BCUT2D eigenvalue weighted by atomic mass is 35.5. The van der Waals surface area contributed by atoms with Crippen LogP contribution in [0.2, 0.25) is 4.47 Å². The quantitative estimate of drug-likeness (QED) is 0.765. The van der Waals surface area contributed by atoms with E-state index in [-0.39, 0.29) is 5.82 Å². The van der Waals surface area contributed by atoms with Gasteiger partial charge in [-0.05, 0) is 24.3 Å². The third kappa shape index (κ3) is 3.19. The highest BCUT2D eigenvalue weighted by Gasteiger charge is 2.00. The molecule has 0 aliphatic carbocycles. The molecule has 2 rings (SSSR count). The van der Waals surface area contributed by atoms with Crippen molar-refractivity contribution >= 4 is 34.7 Å². The standard InChI is InChI=1S/C10H7ClFNS2/c11-10-13-5-9(15-10)6-14-8-3-1-7(12)2-4-8/h1-5H,6H2. The second-order valence-electron chi connectivity index (χ2n) is 2.82. The summed E-state index contributed by atoms with van der Waals surface area (Å²) in [6.07, 6.45) is 1.77. The van der Waals surface area contributed by atoms with Gasteiger partial charge in [-0.25, -0.2) is 9.37 Å². The van der Waals surface area contributed by atoms with Gasteiger partial charge in [0.05, 0.1) is 0 Å². The molecule has 0 N–H and O–H groups in total. The van der Waals surface area contributed by atoms with E-state index in [1.165, 1.54) is 23.5 Å². The Balaban J connectivity index is 1.96. The highest BCUT2D eigenvalue weighted by Crippen LogP contribution is 2.27. The van der Waals surface area contributed by atoms with Crippen molar-refractivity contribution < 1.29 is 4.39 Å². The van der Waals surface area contributed by atoms with Crippen molar-refractivity contribution in [2.45, 2.75) is 10.6 Å². The molecule has 0 saturated heterocycles. The van der Waals surface area contributed by atoms with Crippen LogP contribution in [0, 0.1) is 5.82 Å². The number of aromatic nitrogens is 1. The molecule has 0 bridgehead atoms. The van der Waals surface area contributed by atoms with Crippen molar-refractivity contribution in [1.29, 1.82) is 0 Å². The van der Waals surface area contributed by atoms with E-state index in [1.807, 2.05) is 0 Å². The van der Waals surface area contributed by atoms with E-state index >= 15 is 0 Å². The minimum absolute atomic E-state index is 0.208. The summed E-state index contributed by atoms with van der Waals surface area (Å²) in [5.41, 5.74) is 0. The van der Waals surface area contributed by atoms with Crippen LogP contribution in [0.25, 0.3) is 0 Å². The Labute approximate surface area is 100 Å². The first-order valence-electron chi connectivity index (χ1n) is 4.22. The van der Waals surface area contributed by atoms with Gasteiger partial charge in [-0.2, -0.15) is 0 Å². The molecule has 5 heteroatoms. The number of hydrogen-bond donors (Lipinski definition) is 0. The lowest BCUT2D eigenvalue weighted by molar-refractivity contribution is 0.626. The molecule has 0 atom stereocenters. The summed E-state index contributed by atoms with van der Waals surface area (Å²) in [7, 11) is 0. The van der Waals surface area contributed by atoms with Crippen LogP contribution in [0.5, 0.6) is 0 Å². The van der Waals surface area contributed by atoms with Gasteiger partial charge in [-0.1, -0.05) is 11.6 Å². The van der Waals surface area contributed by atoms with Crippen LogP contribution < -0.4 is 0 Å². The molecule has 1 aromatic carbocycles. The Bertz CT molecular complexity index is 441. The molecule has 78 valence electrons. The zero-order valence-corrected chi connectivity index (χ0v) is 10.0. The van der Waals surface area contributed by atoms with Crippen LogP contribution in [0.1, 0.15) is 4.88 Å². The first-order valence-corrected chi connectivity index (χ1v) is 6.40. The zero-order chi connectivity index (χ0) is 10.7. The first-order chi connectivity index (χ1) is 7.24. The normalized spacial score (nSPS) is 10.5. The highest BCUT2D eigenvalue weighted by molar-refractivity contribution is 7.98. The summed E-state index contributed by atoms with van der Waals surface area (Å²) >= 11 is 8.82. The van der Waals surface area contributed by atoms with Crippen LogP contribution in [-0.4, -0.2) is 4.98 Å². The van der Waals surface area contributed by atoms with Crippen molar-refractivity contribution in [3.63, 3.8) is 0 Å². The van der Waals surface area contributed by atoms with Crippen LogP contribution >= 0.6 is 34.7 Å². The van der Waals surface area contributed by atoms with E-state index in [0.717, 1.165) is 15.5 Å². The fraction of sp³-hybridized carbons (Fsp3) is 0.100. The molecule has 1 aromatic heterocycles. The van der Waals surface area contributed by atoms with Crippen molar-refractivity contribution in [3.05, 3.63) is 45.6 Å². The summed E-state index contributed by atoms with van der Waals surface area (Å²) in [6.45, 7) is 0. The van der Waals surface area contributed by atoms with E-state index in [2.05, 4.69) is 4.98 Å². The Morgan fingerprint density at radius 3 is 2.67 bits per heavy atom. The number of thioether (sulfide) groups is 1. The molecule has 0 unspecified atom stereocenters. The topological polar surface area (TPSA) is 12.9 Å². The van der Waals surface area contributed by atoms with Gasteiger partial charge in [0, 0.05) is 21.7 Å². The summed E-state index contributed by atoms with van der Waals surface area (Å²) in [4.78, 5) is 6.12. The fourth-order valence-corrected chi connectivity index (χ4v) is 2.93. The SMILES string of the molecule is Fc1ccc(SCc2cnc(Cl)s2)cc1. The van der Waals surface area contributed by atoms with Crippen molar-refractivity contribution in [3.8, 4) is 0 Å². The average Bonchev–Trinajstić information content (AvgIpc) is 2.64. The average molecular weight is 260 g/mol.